The van der Waals surface area contributed by atoms with E-state index >= 15 is 0 Å². The molecule has 4 heteroatoms. The van der Waals surface area contributed by atoms with Crippen molar-refractivity contribution in [2.24, 2.45) is 17.4 Å². The highest BCUT2D eigenvalue weighted by molar-refractivity contribution is 5.83. The number of carbonyl (C=O) groups excluding carboxylic acids is 1. The summed E-state index contributed by atoms with van der Waals surface area (Å²) in [6.45, 7) is 8.20. The first-order valence-corrected chi connectivity index (χ1v) is 6.03. The zero-order valence-electron chi connectivity index (χ0n) is 11.1. The van der Waals surface area contributed by atoms with Gasteiger partial charge in [-0.25, -0.2) is 0 Å². The van der Waals surface area contributed by atoms with Crippen LogP contribution in [0.3, 0.4) is 0 Å². The minimum absolute atomic E-state index is 0.419. The molecule has 1 unspecified atom stereocenters. The van der Waals surface area contributed by atoms with E-state index < -0.39 is 11.4 Å². The van der Waals surface area contributed by atoms with Gasteiger partial charge in [0.2, 0.25) is 5.91 Å². The van der Waals surface area contributed by atoms with Crippen molar-refractivity contribution in [1.82, 2.24) is 4.90 Å². The van der Waals surface area contributed by atoms with Crippen molar-refractivity contribution in [1.29, 1.82) is 0 Å². The third-order valence-corrected chi connectivity index (χ3v) is 2.89. The van der Waals surface area contributed by atoms with Gasteiger partial charge in [0, 0.05) is 0 Å². The second-order valence-electron chi connectivity index (χ2n) is 5.37. The largest absolute Gasteiger partial charge is 0.368 e. The van der Waals surface area contributed by atoms with E-state index in [2.05, 4.69) is 25.8 Å². The Morgan fingerprint density at radius 3 is 2.38 bits per heavy atom. The molecule has 0 saturated heterocycles. The Balaban J connectivity index is 3.69. The maximum atomic E-state index is 11.0. The van der Waals surface area contributed by atoms with Gasteiger partial charge in [0.15, 0.2) is 0 Å². The van der Waals surface area contributed by atoms with E-state index in [1.165, 1.54) is 6.42 Å². The summed E-state index contributed by atoms with van der Waals surface area (Å²) in [5, 5.41) is 0. The van der Waals surface area contributed by atoms with Crippen molar-refractivity contribution >= 4 is 5.91 Å². The smallest absolute Gasteiger partial charge is 0.237 e. The molecule has 0 aliphatic rings. The molecule has 16 heavy (non-hydrogen) atoms. The average Bonchev–Trinajstić information content (AvgIpc) is 2.14. The first-order valence-electron chi connectivity index (χ1n) is 6.03. The third kappa shape index (κ3) is 6.80. The molecule has 0 aliphatic heterocycles. The highest BCUT2D eigenvalue weighted by Crippen LogP contribution is 2.09. The molecule has 0 fully saturated rings. The van der Waals surface area contributed by atoms with Crippen molar-refractivity contribution in [2.75, 3.05) is 20.1 Å². The number of nitrogens with two attached hydrogens (primary N) is 2. The molecule has 0 spiro atoms. The van der Waals surface area contributed by atoms with Crippen LogP contribution in [0.25, 0.3) is 0 Å². The molecule has 0 radical (unpaired) electrons. The van der Waals surface area contributed by atoms with Crippen LogP contribution in [0.5, 0.6) is 0 Å². The van der Waals surface area contributed by atoms with Crippen LogP contribution in [0.2, 0.25) is 0 Å². The van der Waals surface area contributed by atoms with Gasteiger partial charge in [-0.3, -0.25) is 4.79 Å². The molecule has 0 saturated carbocycles. The number of nitrogens with zero attached hydrogens (tertiary/aromatic N) is 1. The molecule has 4 N–H and O–H groups in total. The molecule has 0 aliphatic carbocycles. The maximum absolute atomic E-state index is 11.0. The minimum atomic E-state index is -0.862. The van der Waals surface area contributed by atoms with Crippen LogP contribution in [0.15, 0.2) is 0 Å². The van der Waals surface area contributed by atoms with E-state index in [1.807, 2.05) is 0 Å². The van der Waals surface area contributed by atoms with Gasteiger partial charge in [0.05, 0.1) is 5.54 Å². The lowest BCUT2D eigenvalue weighted by molar-refractivity contribution is -0.122. The van der Waals surface area contributed by atoms with E-state index in [-0.39, 0.29) is 0 Å². The van der Waals surface area contributed by atoms with E-state index in [0.29, 0.717) is 6.42 Å². The van der Waals surface area contributed by atoms with Gasteiger partial charge in [-0.1, -0.05) is 13.8 Å². The summed E-state index contributed by atoms with van der Waals surface area (Å²) in [4.78, 5) is 13.3. The fraction of sp³-hybridized carbons (Fsp3) is 0.917. The number of rotatable bonds is 8. The normalized spacial score (nSPS) is 15.4. The van der Waals surface area contributed by atoms with Crippen LogP contribution in [0.1, 0.15) is 40.0 Å². The standard InChI is InChI=1S/C12H27N3O/c1-10(2)6-9-15(4)8-5-7-12(3,14)11(13)16/h10H,5-9,14H2,1-4H3,(H2,13,16). The van der Waals surface area contributed by atoms with Crippen LogP contribution in [-0.2, 0) is 4.79 Å². The Hall–Kier alpha value is -0.610. The molecule has 0 aromatic heterocycles. The van der Waals surface area contributed by atoms with E-state index in [4.69, 9.17) is 11.5 Å². The second-order valence-corrected chi connectivity index (χ2v) is 5.37. The molecule has 1 atom stereocenters. The highest BCUT2D eigenvalue weighted by Gasteiger charge is 2.24. The number of hydrogen-bond acceptors (Lipinski definition) is 3. The first-order chi connectivity index (χ1) is 7.25. The Labute approximate surface area is 99.4 Å². The van der Waals surface area contributed by atoms with Crippen LogP contribution >= 0.6 is 0 Å². The van der Waals surface area contributed by atoms with Crippen LogP contribution < -0.4 is 11.5 Å². The average molecular weight is 229 g/mol. The Kier molecular flexibility index (Phi) is 6.60. The summed E-state index contributed by atoms with van der Waals surface area (Å²) in [6.07, 6.45) is 2.76. The summed E-state index contributed by atoms with van der Waals surface area (Å²) in [5.41, 5.74) is 10.1. The van der Waals surface area contributed by atoms with Crippen LogP contribution in [0, 0.1) is 5.92 Å². The van der Waals surface area contributed by atoms with Crippen molar-refractivity contribution in [3.05, 3.63) is 0 Å². The summed E-state index contributed by atoms with van der Waals surface area (Å²) in [5.74, 6) is 0.310. The Morgan fingerprint density at radius 2 is 1.94 bits per heavy atom. The molecule has 0 aromatic carbocycles. The quantitative estimate of drug-likeness (QED) is 0.651. The van der Waals surface area contributed by atoms with Crippen LogP contribution in [0.4, 0.5) is 0 Å². The fourth-order valence-electron chi connectivity index (χ4n) is 1.43. The number of amides is 1. The molecule has 96 valence electrons. The van der Waals surface area contributed by atoms with Gasteiger partial charge in [-0.05, 0) is 52.2 Å². The maximum Gasteiger partial charge on any atom is 0.237 e. The highest BCUT2D eigenvalue weighted by atomic mass is 16.1. The van der Waals surface area contributed by atoms with Gasteiger partial charge in [-0.15, -0.1) is 0 Å². The molecular weight excluding hydrogens is 202 g/mol. The lowest BCUT2D eigenvalue weighted by Gasteiger charge is -2.23. The molecule has 0 heterocycles. The minimum Gasteiger partial charge on any atom is -0.368 e. The third-order valence-electron chi connectivity index (χ3n) is 2.89. The van der Waals surface area contributed by atoms with Gasteiger partial charge in [-0.2, -0.15) is 0 Å². The molecule has 0 bridgehead atoms. The summed E-state index contributed by atoms with van der Waals surface area (Å²) < 4.78 is 0. The zero-order valence-corrected chi connectivity index (χ0v) is 11.1. The predicted molar refractivity (Wildman–Crippen MR) is 68.0 cm³/mol. The molecule has 0 aromatic rings. The molecule has 4 nitrogen and oxygen atoms in total. The Morgan fingerprint density at radius 1 is 1.38 bits per heavy atom. The van der Waals surface area contributed by atoms with Crippen LogP contribution in [-0.4, -0.2) is 36.5 Å². The van der Waals surface area contributed by atoms with Gasteiger partial charge in [0.25, 0.3) is 0 Å². The fourth-order valence-corrected chi connectivity index (χ4v) is 1.43. The van der Waals surface area contributed by atoms with E-state index in [9.17, 15) is 4.79 Å². The topological polar surface area (TPSA) is 72.3 Å². The van der Waals surface area contributed by atoms with Crippen molar-refractivity contribution in [3.63, 3.8) is 0 Å². The summed E-state index contributed by atoms with van der Waals surface area (Å²) in [7, 11) is 2.10. The summed E-state index contributed by atoms with van der Waals surface area (Å²) in [6, 6.07) is 0. The second kappa shape index (κ2) is 6.86. The lowest BCUT2D eigenvalue weighted by Crippen LogP contribution is -2.49. The van der Waals surface area contributed by atoms with Gasteiger partial charge in [0.1, 0.15) is 0 Å². The molecule has 0 rings (SSSR count). The van der Waals surface area contributed by atoms with Gasteiger partial charge >= 0.3 is 0 Å². The zero-order chi connectivity index (χ0) is 12.8. The van der Waals surface area contributed by atoms with E-state index in [0.717, 1.165) is 25.4 Å². The predicted octanol–water partition coefficient (Wildman–Crippen LogP) is 0.947. The molecule has 1 amide bonds. The van der Waals surface area contributed by atoms with Crippen molar-refractivity contribution < 1.29 is 4.79 Å². The van der Waals surface area contributed by atoms with Crippen molar-refractivity contribution in [2.45, 2.75) is 45.6 Å². The molecular formula is C12H27N3O. The van der Waals surface area contributed by atoms with E-state index in [1.54, 1.807) is 6.92 Å². The lowest BCUT2D eigenvalue weighted by atomic mass is 9.96. The number of hydrogen-bond donors (Lipinski definition) is 2. The number of primary amides is 1. The first kappa shape index (κ1) is 15.4. The Bertz CT molecular complexity index is 214. The van der Waals surface area contributed by atoms with Crippen molar-refractivity contribution in [3.8, 4) is 0 Å². The number of carbonyl (C=O) groups is 1. The summed E-state index contributed by atoms with van der Waals surface area (Å²) >= 11 is 0. The monoisotopic (exact) mass is 229 g/mol. The SMILES string of the molecule is CC(C)CCN(C)CCCC(C)(N)C(N)=O. The van der Waals surface area contributed by atoms with Gasteiger partial charge < -0.3 is 16.4 Å².